The molecule has 0 aliphatic heterocycles. The first kappa shape index (κ1) is 20.9. The minimum Gasteiger partial charge on any atom is -0.384 e. The smallest absolute Gasteiger partial charge is 0.180 e. The third-order valence-electron chi connectivity index (χ3n) is 5.68. The molecule has 3 heterocycles. The summed E-state index contributed by atoms with van der Waals surface area (Å²) in [4.78, 5) is 29.6. The van der Waals surface area contributed by atoms with E-state index in [2.05, 4.69) is 61.2 Å². The van der Waals surface area contributed by atoms with Crippen molar-refractivity contribution >= 4 is 33.7 Å². The van der Waals surface area contributed by atoms with Gasteiger partial charge in [0.05, 0.1) is 12.1 Å². The number of imidazole rings is 1. The molecule has 3 aromatic heterocycles. The third kappa shape index (κ3) is 4.49. The molecule has 2 aromatic carbocycles. The van der Waals surface area contributed by atoms with Crippen LogP contribution in [0.2, 0.25) is 0 Å². The summed E-state index contributed by atoms with van der Waals surface area (Å²) in [7, 11) is 0. The normalized spacial score (nSPS) is 11.6. The molecule has 0 spiro atoms. The lowest BCUT2D eigenvalue weighted by Crippen LogP contribution is -2.27. The van der Waals surface area contributed by atoms with Crippen molar-refractivity contribution in [3.63, 3.8) is 0 Å². The van der Waals surface area contributed by atoms with E-state index in [4.69, 9.17) is 5.73 Å². The summed E-state index contributed by atoms with van der Waals surface area (Å²) in [6, 6.07) is 20.6. The number of rotatable bonds is 7. The molecule has 0 atom stereocenters. The van der Waals surface area contributed by atoms with Crippen LogP contribution in [0.25, 0.3) is 33.3 Å². The predicted octanol–water partition coefficient (Wildman–Crippen LogP) is 4.59. The van der Waals surface area contributed by atoms with E-state index in [-0.39, 0.29) is 5.78 Å². The van der Waals surface area contributed by atoms with Crippen molar-refractivity contribution in [1.82, 2.24) is 24.8 Å². The highest BCUT2D eigenvalue weighted by molar-refractivity contribution is 5.95. The van der Waals surface area contributed by atoms with Crippen LogP contribution in [-0.4, -0.2) is 37.2 Å². The van der Waals surface area contributed by atoms with Crippen LogP contribution in [0.5, 0.6) is 0 Å². The van der Waals surface area contributed by atoms with Gasteiger partial charge in [0.1, 0.15) is 17.4 Å². The number of pyridine rings is 1. The molecule has 0 unspecified atom stereocenters. The third-order valence-corrected chi connectivity index (χ3v) is 5.68. The first-order valence-electron chi connectivity index (χ1n) is 10.9. The van der Waals surface area contributed by atoms with E-state index in [1.807, 2.05) is 31.2 Å². The standard InChI is InChI=1S/C26H26N6O/c1-16(33)13-32(14-18-6-4-3-5-7-18)15-19-8-9-22-20(10-19)11-23(30-22)21-12-24(27)31-26-25(21)28-17(2)29-26/h3-12,30H,13-15H2,1-2H3,(H3,27,28,29,31). The highest BCUT2D eigenvalue weighted by Crippen LogP contribution is 2.31. The molecule has 7 heteroatoms. The molecule has 33 heavy (non-hydrogen) atoms. The number of H-pyrrole nitrogens is 2. The van der Waals surface area contributed by atoms with Gasteiger partial charge in [0.2, 0.25) is 0 Å². The van der Waals surface area contributed by atoms with Gasteiger partial charge in [-0.3, -0.25) is 9.69 Å². The Labute approximate surface area is 191 Å². The summed E-state index contributed by atoms with van der Waals surface area (Å²) in [5, 5.41) is 1.10. The molecule has 7 nitrogen and oxygen atoms in total. The van der Waals surface area contributed by atoms with E-state index in [0.717, 1.165) is 45.6 Å². The van der Waals surface area contributed by atoms with Gasteiger partial charge >= 0.3 is 0 Å². The second-order valence-corrected chi connectivity index (χ2v) is 8.55. The first-order chi connectivity index (χ1) is 15.9. The van der Waals surface area contributed by atoms with Gasteiger partial charge in [-0.15, -0.1) is 0 Å². The van der Waals surface area contributed by atoms with Gasteiger partial charge in [0.15, 0.2) is 5.65 Å². The summed E-state index contributed by atoms with van der Waals surface area (Å²) < 4.78 is 0. The predicted molar refractivity (Wildman–Crippen MR) is 132 cm³/mol. The van der Waals surface area contributed by atoms with E-state index in [1.165, 1.54) is 5.56 Å². The van der Waals surface area contributed by atoms with Crippen LogP contribution in [-0.2, 0) is 17.9 Å². The number of anilines is 1. The summed E-state index contributed by atoms with van der Waals surface area (Å²) in [6.45, 7) is 5.37. The lowest BCUT2D eigenvalue weighted by atomic mass is 10.1. The van der Waals surface area contributed by atoms with Crippen molar-refractivity contribution in [2.45, 2.75) is 26.9 Å². The van der Waals surface area contributed by atoms with Crippen molar-refractivity contribution < 1.29 is 4.79 Å². The minimum atomic E-state index is 0.157. The van der Waals surface area contributed by atoms with Gasteiger partial charge in [0.25, 0.3) is 0 Å². The molecule has 166 valence electrons. The highest BCUT2D eigenvalue weighted by Gasteiger charge is 2.14. The zero-order chi connectivity index (χ0) is 22.9. The number of nitrogens with zero attached hydrogens (tertiary/aromatic N) is 3. The van der Waals surface area contributed by atoms with Crippen molar-refractivity contribution in [1.29, 1.82) is 0 Å². The number of nitrogens with one attached hydrogen (secondary N) is 2. The van der Waals surface area contributed by atoms with Crippen molar-refractivity contribution in [2.24, 2.45) is 0 Å². The summed E-state index contributed by atoms with van der Waals surface area (Å²) in [5.74, 6) is 1.39. The fourth-order valence-corrected chi connectivity index (χ4v) is 4.34. The van der Waals surface area contributed by atoms with Gasteiger partial charge < -0.3 is 15.7 Å². The van der Waals surface area contributed by atoms with Gasteiger partial charge in [-0.2, -0.15) is 0 Å². The second-order valence-electron chi connectivity index (χ2n) is 8.55. The molecule has 0 saturated heterocycles. The molecule has 0 aliphatic carbocycles. The molecule has 5 rings (SSSR count). The minimum absolute atomic E-state index is 0.157. The summed E-state index contributed by atoms with van der Waals surface area (Å²) in [5.41, 5.74) is 12.8. The molecular weight excluding hydrogens is 412 g/mol. The van der Waals surface area contributed by atoms with Crippen LogP contribution in [0.15, 0.2) is 60.7 Å². The molecule has 0 amide bonds. The lowest BCUT2D eigenvalue weighted by molar-refractivity contribution is -0.118. The van der Waals surface area contributed by atoms with Crippen LogP contribution >= 0.6 is 0 Å². The van der Waals surface area contributed by atoms with Crippen molar-refractivity contribution in [3.8, 4) is 11.3 Å². The molecule has 0 saturated carbocycles. The Hall–Kier alpha value is -3.97. The maximum absolute atomic E-state index is 11.9. The molecular formula is C26H26N6O. The number of carbonyl (C=O) groups excluding carboxylic acids is 1. The van der Waals surface area contributed by atoms with E-state index in [9.17, 15) is 4.79 Å². The maximum Gasteiger partial charge on any atom is 0.180 e. The average molecular weight is 439 g/mol. The number of ketones is 1. The Morgan fingerprint density at radius 2 is 1.76 bits per heavy atom. The second kappa shape index (κ2) is 8.52. The number of aromatic amines is 2. The SMILES string of the molecule is CC(=O)CN(Cc1ccccc1)Cc1ccc2[nH]c(-c3cc(N)nc4nc(C)[nH]c34)cc2c1. The average Bonchev–Trinajstić information content (AvgIpc) is 3.35. The number of nitrogens with two attached hydrogens (primary N) is 1. The van der Waals surface area contributed by atoms with Crippen LogP contribution in [0.1, 0.15) is 23.9 Å². The number of carbonyl (C=O) groups is 1. The lowest BCUT2D eigenvalue weighted by Gasteiger charge is -2.21. The van der Waals surface area contributed by atoms with Gasteiger partial charge in [-0.1, -0.05) is 36.4 Å². The molecule has 0 fully saturated rings. The van der Waals surface area contributed by atoms with Crippen LogP contribution in [0, 0.1) is 6.92 Å². The number of hydrogen-bond donors (Lipinski definition) is 3. The number of Topliss-reactive ketones (excluding diaryl/α,β-unsaturated/α-hetero) is 1. The Morgan fingerprint density at radius 3 is 2.55 bits per heavy atom. The topological polar surface area (TPSA) is 104 Å². The summed E-state index contributed by atoms with van der Waals surface area (Å²) >= 11 is 0. The quantitative estimate of drug-likeness (QED) is 0.345. The fraction of sp³-hybridized carbons (Fsp3) is 0.192. The molecule has 0 aliphatic rings. The zero-order valence-electron chi connectivity index (χ0n) is 18.7. The highest BCUT2D eigenvalue weighted by atomic mass is 16.1. The Kier molecular flexibility index (Phi) is 5.40. The number of nitrogen functional groups attached to an aromatic ring is 1. The largest absolute Gasteiger partial charge is 0.384 e. The summed E-state index contributed by atoms with van der Waals surface area (Å²) in [6.07, 6.45) is 0. The maximum atomic E-state index is 11.9. The van der Waals surface area contributed by atoms with Crippen LogP contribution < -0.4 is 5.73 Å². The number of aryl methyl sites for hydroxylation is 1. The van der Waals surface area contributed by atoms with Gasteiger partial charge in [0, 0.05) is 35.2 Å². The number of hydrogen-bond acceptors (Lipinski definition) is 5. The number of aromatic nitrogens is 4. The molecule has 4 N–H and O–H groups in total. The Bertz CT molecular complexity index is 1450. The van der Waals surface area contributed by atoms with E-state index < -0.39 is 0 Å². The van der Waals surface area contributed by atoms with Gasteiger partial charge in [-0.25, -0.2) is 9.97 Å². The number of benzene rings is 2. The molecule has 0 radical (unpaired) electrons. The van der Waals surface area contributed by atoms with Gasteiger partial charge in [-0.05, 0) is 49.2 Å². The zero-order valence-corrected chi connectivity index (χ0v) is 18.7. The van der Waals surface area contributed by atoms with E-state index >= 15 is 0 Å². The van der Waals surface area contributed by atoms with Crippen LogP contribution in [0.4, 0.5) is 5.82 Å². The number of fused-ring (bicyclic) bond motifs is 2. The Balaban J connectivity index is 1.46. The van der Waals surface area contributed by atoms with Crippen molar-refractivity contribution in [2.75, 3.05) is 12.3 Å². The first-order valence-corrected chi connectivity index (χ1v) is 10.9. The van der Waals surface area contributed by atoms with Crippen molar-refractivity contribution in [3.05, 3.63) is 77.6 Å². The monoisotopic (exact) mass is 438 g/mol. The molecule has 0 bridgehead atoms. The van der Waals surface area contributed by atoms with Crippen LogP contribution in [0.3, 0.4) is 0 Å². The molecule has 5 aromatic rings. The van der Waals surface area contributed by atoms with E-state index in [1.54, 1.807) is 6.92 Å². The Morgan fingerprint density at radius 1 is 0.970 bits per heavy atom. The van der Waals surface area contributed by atoms with E-state index in [0.29, 0.717) is 24.6 Å². The fourth-order valence-electron chi connectivity index (χ4n) is 4.34.